The Morgan fingerprint density at radius 2 is 0.800 bits per heavy atom. The summed E-state index contributed by atoms with van der Waals surface area (Å²) in [4.78, 5) is 16.5. The van der Waals surface area contributed by atoms with E-state index >= 15 is 0 Å². The summed E-state index contributed by atoms with van der Waals surface area (Å²) in [5, 5.41) is 29.5. The molecule has 0 bridgehead atoms. The van der Waals surface area contributed by atoms with Crippen molar-refractivity contribution in [1.29, 1.82) is 0 Å². The molecule has 0 amide bonds. The Morgan fingerprint density at radius 1 is 0.800 bits per heavy atom. The maximum Gasteiger partial charge on any atom is 2.00 e. The second kappa shape index (κ2) is 15.8. The van der Waals surface area contributed by atoms with E-state index in [0.29, 0.717) is 0 Å². The van der Waals surface area contributed by atoms with Crippen molar-refractivity contribution in [2.45, 2.75) is 0 Å². The maximum atomic E-state index is 8.25. The monoisotopic (exact) mass is 212 g/mol. The van der Waals surface area contributed by atoms with Gasteiger partial charge in [0.15, 0.2) is 17.4 Å². The molecular formula is H3AlN2NiO6. The molecular weight excluding hydrogens is 210 g/mol. The normalized spacial score (nSPS) is 4.80. The summed E-state index contributed by atoms with van der Waals surface area (Å²) >= 11 is 0. The molecule has 8 nitrogen and oxygen atoms in total. The van der Waals surface area contributed by atoms with Crippen LogP contribution in [0.2, 0.25) is 0 Å². The standard InChI is InChI=1S/Al.2NO3.Ni.3H/c;2*2-1(3)4;;;;/q;2*-1;+2;;;. The fraction of sp³-hybridized carbons (Fsp3) is 0. The molecule has 0 atom stereocenters. The summed E-state index contributed by atoms with van der Waals surface area (Å²) in [6.45, 7) is 0. The first-order valence-corrected chi connectivity index (χ1v) is 1.10. The third-order valence-electron chi connectivity index (χ3n) is 0. The van der Waals surface area contributed by atoms with Crippen LogP contribution in [0, 0.1) is 30.6 Å². The van der Waals surface area contributed by atoms with E-state index in [2.05, 4.69) is 0 Å². The van der Waals surface area contributed by atoms with Gasteiger partial charge in [0, 0.05) is 0 Å². The number of hydrogen-bond acceptors (Lipinski definition) is 6. The Balaban J connectivity index is -0.0000000300. The van der Waals surface area contributed by atoms with E-state index < -0.39 is 10.2 Å². The zero-order chi connectivity index (χ0) is 7.15. The first-order chi connectivity index (χ1) is 3.46. The van der Waals surface area contributed by atoms with Gasteiger partial charge in [-0.05, 0) is 0 Å². The Hall–Kier alpha value is -0.574. The second-order valence-corrected chi connectivity index (χ2v) is 0.447. The van der Waals surface area contributed by atoms with Crippen molar-refractivity contribution in [3.63, 3.8) is 0 Å². The minimum Gasteiger partial charge on any atom is -0.356 e. The van der Waals surface area contributed by atoms with Gasteiger partial charge in [0.25, 0.3) is 0 Å². The van der Waals surface area contributed by atoms with Crippen LogP contribution in [-0.4, -0.2) is 27.5 Å². The number of nitrogens with zero attached hydrogens (tertiary/aromatic N) is 2. The summed E-state index contributed by atoms with van der Waals surface area (Å²) < 4.78 is 0. The summed E-state index contributed by atoms with van der Waals surface area (Å²) in [6, 6.07) is 0. The van der Waals surface area contributed by atoms with Crippen molar-refractivity contribution in [3.05, 3.63) is 30.6 Å². The van der Waals surface area contributed by atoms with Gasteiger partial charge in [-0.2, -0.15) is 0 Å². The molecule has 0 spiro atoms. The van der Waals surface area contributed by atoms with Crippen LogP contribution >= 0.6 is 0 Å². The second-order valence-electron chi connectivity index (χ2n) is 0.447. The minimum atomic E-state index is -1.75. The van der Waals surface area contributed by atoms with E-state index in [1.165, 1.54) is 0 Å². The van der Waals surface area contributed by atoms with E-state index in [9.17, 15) is 0 Å². The fourth-order valence-corrected chi connectivity index (χ4v) is 0. The quantitative estimate of drug-likeness (QED) is 0.268. The van der Waals surface area contributed by atoms with Gasteiger partial charge in [0.2, 0.25) is 0 Å². The van der Waals surface area contributed by atoms with Crippen LogP contribution in [0.5, 0.6) is 0 Å². The van der Waals surface area contributed by atoms with E-state index in [0.717, 1.165) is 0 Å². The Kier molecular flexibility index (Phi) is 35.9. The molecule has 0 aromatic carbocycles. The topological polar surface area (TPSA) is 132 Å². The molecule has 0 saturated heterocycles. The molecule has 10 heteroatoms. The van der Waals surface area contributed by atoms with Gasteiger partial charge in [-0.15, -0.1) is 0 Å². The molecule has 0 N–H and O–H groups in total. The Bertz CT molecular complexity index is 73.7. The molecule has 0 rings (SSSR count). The van der Waals surface area contributed by atoms with Crippen LogP contribution in [-0.2, 0) is 16.5 Å². The van der Waals surface area contributed by atoms with E-state index in [4.69, 9.17) is 30.6 Å². The molecule has 0 fully saturated rings. The minimum absolute atomic E-state index is 0. The van der Waals surface area contributed by atoms with Crippen LogP contribution in [0.4, 0.5) is 0 Å². The zero-order valence-corrected chi connectivity index (χ0v) is 4.65. The molecule has 0 heterocycles. The Morgan fingerprint density at radius 3 is 0.800 bits per heavy atom. The van der Waals surface area contributed by atoms with Crippen LogP contribution in [0.15, 0.2) is 0 Å². The summed E-state index contributed by atoms with van der Waals surface area (Å²) in [7, 11) is 0. The molecule has 62 valence electrons. The molecule has 0 aromatic heterocycles. The molecule has 0 radical (unpaired) electrons. The SMILES string of the molecule is O=[N+]([O-])[O-].O=[N+]([O-])[O-].[AlH3].[Ni+2]. The molecule has 0 aliphatic carbocycles. The van der Waals surface area contributed by atoms with Gasteiger partial charge < -0.3 is 30.6 Å². The largest absolute Gasteiger partial charge is 2.00 e. The van der Waals surface area contributed by atoms with Gasteiger partial charge in [-0.25, -0.2) is 0 Å². The smallest absolute Gasteiger partial charge is 0.356 e. The maximum absolute atomic E-state index is 8.25. The van der Waals surface area contributed by atoms with Gasteiger partial charge in [-0.3, -0.25) is 0 Å². The van der Waals surface area contributed by atoms with Crippen LogP contribution < -0.4 is 0 Å². The average molecular weight is 213 g/mol. The molecule has 0 aliphatic rings. The van der Waals surface area contributed by atoms with Gasteiger partial charge in [0.05, 0.1) is 10.2 Å². The third-order valence-corrected chi connectivity index (χ3v) is 0. The molecule has 0 saturated carbocycles. The van der Waals surface area contributed by atoms with Crippen molar-refractivity contribution < 1.29 is 26.7 Å². The van der Waals surface area contributed by atoms with Crippen molar-refractivity contribution >= 4 is 17.4 Å². The van der Waals surface area contributed by atoms with E-state index in [-0.39, 0.29) is 33.9 Å². The van der Waals surface area contributed by atoms with Crippen LogP contribution in [0.1, 0.15) is 0 Å². The van der Waals surface area contributed by atoms with Crippen molar-refractivity contribution in [2.24, 2.45) is 0 Å². The van der Waals surface area contributed by atoms with Crippen molar-refractivity contribution in [1.82, 2.24) is 0 Å². The number of hydrogen-bond donors (Lipinski definition) is 0. The first-order valence-electron chi connectivity index (χ1n) is 1.10. The molecule has 10 heavy (non-hydrogen) atoms. The van der Waals surface area contributed by atoms with Crippen LogP contribution in [0.3, 0.4) is 0 Å². The summed E-state index contributed by atoms with van der Waals surface area (Å²) in [5.74, 6) is 0. The summed E-state index contributed by atoms with van der Waals surface area (Å²) in [5.41, 5.74) is 0. The fourth-order valence-electron chi connectivity index (χ4n) is 0. The third kappa shape index (κ3) is 931. The summed E-state index contributed by atoms with van der Waals surface area (Å²) in [6.07, 6.45) is 0. The predicted molar refractivity (Wildman–Crippen MR) is 30.7 cm³/mol. The van der Waals surface area contributed by atoms with Gasteiger partial charge in [-0.1, -0.05) is 0 Å². The van der Waals surface area contributed by atoms with E-state index in [1.54, 1.807) is 0 Å². The predicted octanol–water partition coefficient (Wildman–Crippen LogP) is -1.66. The number of rotatable bonds is 0. The Labute approximate surface area is 75.1 Å². The molecule has 0 unspecified atom stereocenters. The first kappa shape index (κ1) is 22.7. The van der Waals surface area contributed by atoms with Gasteiger partial charge >= 0.3 is 16.5 Å². The zero-order valence-electron chi connectivity index (χ0n) is 3.66. The van der Waals surface area contributed by atoms with Crippen LogP contribution in [0.25, 0.3) is 0 Å². The van der Waals surface area contributed by atoms with Crippen molar-refractivity contribution in [3.8, 4) is 0 Å². The molecule has 0 aliphatic heterocycles. The average Bonchev–Trinajstić information content (AvgIpc) is 1.25. The van der Waals surface area contributed by atoms with Crippen molar-refractivity contribution in [2.75, 3.05) is 0 Å². The van der Waals surface area contributed by atoms with Gasteiger partial charge in [0.1, 0.15) is 0 Å². The van der Waals surface area contributed by atoms with E-state index in [1.807, 2.05) is 0 Å². The molecule has 0 aromatic rings.